The summed E-state index contributed by atoms with van der Waals surface area (Å²) in [6.07, 6.45) is 2.74. The quantitative estimate of drug-likeness (QED) is 0.189. The zero-order valence-electron chi connectivity index (χ0n) is 17.8. The van der Waals surface area contributed by atoms with Crippen LogP contribution >= 0.6 is 11.6 Å². The van der Waals surface area contributed by atoms with Crippen molar-refractivity contribution in [2.75, 3.05) is 12.4 Å². The van der Waals surface area contributed by atoms with Gasteiger partial charge < -0.3 is 14.9 Å². The summed E-state index contributed by atoms with van der Waals surface area (Å²) in [5.74, 6) is 3.24. The fourth-order valence-electron chi connectivity index (χ4n) is 2.97. The van der Waals surface area contributed by atoms with Crippen LogP contribution in [0.4, 0.5) is 14.5 Å². The normalized spacial score (nSPS) is 11.0. The van der Waals surface area contributed by atoms with E-state index >= 15 is 0 Å². The molecule has 0 radical (unpaired) electrons. The molecule has 0 aliphatic heterocycles. The third-order valence-electron chi connectivity index (χ3n) is 4.35. The van der Waals surface area contributed by atoms with E-state index in [0.717, 1.165) is 10.7 Å². The molecular weight excluding hydrogens is 476 g/mol. The number of hydrogen-bond donors (Lipinski definition) is 3. The first-order valence-electron chi connectivity index (χ1n) is 9.44. The number of benzene rings is 1. The van der Waals surface area contributed by atoms with Gasteiger partial charge in [0.15, 0.2) is 5.82 Å². The van der Waals surface area contributed by atoms with E-state index < -0.39 is 24.3 Å². The van der Waals surface area contributed by atoms with E-state index in [9.17, 15) is 18.4 Å². The smallest absolute Gasteiger partial charge is 0.388 e. The van der Waals surface area contributed by atoms with E-state index in [2.05, 4.69) is 30.1 Å². The van der Waals surface area contributed by atoms with Crippen LogP contribution in [0.2, 0.25) is 5.02 Å². The maximum atomic E-state index is 13.2. The van der Waals surface area contributed by atoms with Crippen molar-refractivity contribution in [3.8, 4) is 11.7 Å². The Balaban J connectivity index is 2.07. The highest BCUT2D eigenvalue weighted by Gasteiger charge is 2.24. The molecule has 0 unspecified atom stereocenters. The minimum Gasteiger partial charge on any atom is -0.415 e. The van der Waals surface area contributed by atoms with Crippen molar-refractivity contribution in [3.63, 3.8) is 0 Å². The van der Waals surface area contributed by atoms with Crippen molar-refractivity contribution in [3.05, 3.63) is 63.9 Å². The first-order valence-corrected chi connectivity index (χ1v) is 9.82. The largest absolute Gasteiger partial charge is 0.415 e. The van der Waals surface area contributed by atoms with Crippen molar-refractivity contribution in [2.45, 2.75) is 13.5 Å². The second kappa shape index (κ2) is 10.7. The number of nitrogen functional groups attached to an aromatic ring is 1. The average Bonchev–Trinajstić information content (AvgIpc) is 3.21. The Bertz CT molecular complexity index is 1250. The molecule has 0 atom stereocenters. The predicted octanol–water partition coefficient (Wildman–Crippen LogP) is 2.67. The molecule has 1 aromatic carbocycles. The van der Waals surface area contributed by atoms with E-state index in [0.29, 0.717) is 11.1 Å². The summed E-state index contributed by atoms with van der Waals surface area (Å²) < 4.78 is 30.8. The first-order chi connectivity index (χ1) is 16.2. The summed E-state index contributed by atoms with van der Waals surface area (Å²) in [5, 5.41) is 10.2. The van der Waals surface area contributed by atoms with Gasteiger partial charge in [0.2, 0.25) is 5.88 Å². The van der Waals surface area contributed by atoms with Gasteiger partial charge in [-0.25, -0.2) is 15.5 Å². The second-order valence-electron chi connectivity index (χ2n) is 6.57. The van der Waals surface area contributed by atoms with Gasteiger partial charge in [0.1, 0.15) is 12.8 Å². The lowest BCUT2D eigenvalue weighted by Gasteiger charge is -2.15. The van der Waals surface area contributed by atoms with E-state index in [1.807, 2.05) is 5.43 Å². The molecule has 2 aromatic heterocycles. The number of rotatable bonds is 8. The molecule has 0 saturated carbocycles. The number of amides is 2. The van der Waals surface area contributed by atoms with Crippen LogP contribution in [0.15, 0.2) is 41.7 Å². The molecule has 0 saturated heterocycles. The molecule has 0 bridgehead atoms. The number of aromatic nitrogens is 3. The topological polar surface area (TPSA) is 146 Å². The highest BCUT2D eigenvalue weighted by atomic mass is 35.5. The molecule has 0 aliphatic carbocycles. The van der Waals surface area contributed by atoms with E-state index in [-0.39, 0.29) is 27.8 Å². The number of pyridine rings is 1. The van der Waals surface area contributed by atoms with Crippen molar-refractivity contribution in [1.82, 2.24) is 20.2 Å². The van der Waals surface area contributed by atoms with Crippen LogP contribution < -0.4 is 21.3 Å². The highest BCUT2D eigenvalue weighted by molar-refractivity contribution is 6.32. The summed E-state index contributed by atoms with van der Waals surface area (Å²) in [4.78, 5) is 34.3. The third-order valence-corrected chi connectivity index (χ3v) is 4.64. The number of hydrogen-bond acceptors (Lipinski definition) is 8. The molecule has 14 heteroatoms. The number of ether oxygens (including phenoxy) is 1. The molecule has 0 spiro atoms. The Morgan fingerprint density at radius 1 is 1.29 bits per heavy atom. The number of carbonyl (C=O) groups excluding carboxylic acids is 2. The van der Waals surface area contributed by atoms with Gasteiger partial charge in [-0.2, -0.15) is 8.78 Å². The molecule has 3 rings (SSSR count). The Morgan fingerprint density at radius 3 is 2.71 bits per heavy atom. The number of nitrogens with two attached hydrogens (primary N) is 1. The Kier molecular flexibility index (Phi) is 7.71. The number of aryl methyl sites for hydroxylation is 1. The van der Waals surface area contributed by atoms with Crippen LogP contribution in [-0.4, -0.2) is 46.5 Å². The lowest BCUT2D eigenvalue weighted by Crippen LogP contribution is -2.31. The molecular formula is C20H18ClF2N7O4. The number of anilines is 1. The van der Waals surface area contributed by atoms with E-state index in [4.69, 9.17) is 17.4 Å². The zero-order valence-corrected chi connectivity index (χ0v) is 18.5. The summed E-state index contributed by atoms with van der Waals surface area (Å²) in [5.41, 5.74) is 2.85. The lowest BCUT2D eigenvalue weighted by atomic mass is 10.0. The first kappa shape index (κ1) is 24.5. The van der Waals surface area contributed by atoms with Gasteiger partial charge in [0, 0.05) is 12.3 Å². The van der Waals surface area contributed by atoms with Gasteiger partial charge >= 0.3 is 6.61 Å². The van der Waals surface area contributed by atoms with Gasteiger partial charge in [-0.05, 0) is 42.3 Å². The summed E-state index contributed by atoms with van der Waals surface area (Å²) in [6.45, 7) is -1.55. The fraction of sp³-hybridized carbons (Fsp3) is 0.150. The minimum absolute atomic E-state index is 0.00112. The van der Waals surface area contributed by atoms with Crippen molar-refractivity contribution in [1.29, 1.82) is 0 Å². The monoisotopic (exact) mass is 493 g/mol. The molecule has 0 aliphatic rings. The maximum absolute atomic E-state index is 13.2. The van der Waals surface area contributed by atoms with Crippen molar-refractivity contribution < 1.29 is 27.9 Å². The third kappa shape index (κ3) is 5.44. The van der Waals surface area contributed by atoms with Crippen LogP contribution in [0.1, 0.15) is 32.0 Å². The second-order valence-corrected chi connectivity index (χ2v) is 6.98. The minimum atomic E-state index is -3.18. The number of nitrogens with zero attached hydrogens (tertiary/aromatic N) is 4. The molecule has 3 aromatic rings. The SMILES string of the molecule is CO/N=C/c1cc(C)c(NC(=O)c2cc(OC(F)F)nn2-c2ncccc2Cl)c(C(=O)NN)c1. The number of carbonyl (C=O) groups is 2. The van der Waals surface area contributed by atoms with Crippen LogP contribution in [0, 0.1) is 6.92 Å². The molecule has 4 N–H and O–H groups in total. The van der Waals surface area contributed by atoms with E-state index in [1.165, 1.54) is 31.7 Å². The molecule has 2 amide bonds. The van der Waals surface area contributed by atoms with E-state index in [1.54, 1.807) is 19.1 Å². The van der Waals surface area contributed by atoms with Crippen LogP contribution in [0.25, 0.3) is 5.82 Å². The van der Waals surface area contributed by atoms with Gasteiger partial charge in [-0.3, -0.25) is 15.0 Å². The molecule has 11 nitrogen and oxygen atoms in total. The standard InChI is InChI=1S/C20H18ClF2N7O4/c1-10-6-11(9-26-33-2)7-12(18(31)28-24)16(10)27-19(32)14-8-15(34-20(22)23)29-30(14)17-13(21)4-3-5-25-17/h3-9,20H,24H2,1-2H3,(H,27,32)(H,28,31)/b26-9+. The maximum Gasteiger partial charge on any atom is 0.388 e. The van der Waals surface area contributed by atoms with Crippen LogP contribution in [-0.2, 0) is 4.84 Å². The highest BCUT2D eigenvalue weighted by Crippen LogP contribution is 2.26. The number of oxime groups is 1. The molecule has 2 heterocycles. The van der Waals surface area contributed by atoms with Crippen molar-refractivity contribution in [2.24, 2.45) is 11.0 Å². The van der Waals surface area contributed by atoms with Gasteiger partial charge in [-0.15, -0.1) is 5.10 Å². The molecule has 0 fully saturated rings. The number of hydrazine groups is 1. The van der Waals surface area contributed by atoms with Crippen LogP contribution in [0.3, 0.4) is 0 Å². The Morgan fingerprint density at radius 2 is 2.06 bits per heavy atom. The zero-order chi connectivity index (χ0) is 24.8. The average molecular weight is 494 g/mol. The predicted molar refractivity (Wildman–Crippen MR) is 118 cm³/mol. The molecule has 34 heavy (non-hydrogen) atoms. The van der Waals surface area contributed by atoms with Gasteiger partial charge in [0.05, 0.1) is 22.5 Å². The fourth-order valence-corrected chi connectivity index (χ4v) is 3.17. The summed E-state index contributed by atoms with van der Waals surface area (Å²) in [7, 11) is 1.36. The summed E-state index contributed by atoms with van der Waals surface area (Å²) in [6, 6.07) is 7.07. The Hall–Kier alpha value is -4.10. The van der Waals surface area contributed by atoms with Crippen LogP contribution in [0.5, 0.6) is 5.88 Å². The lowest BCUT2D eigenvalue weighted by molar-refractivity contribution is -0.0530. The molecule has 178 valence electrons. The number of nitrogens with one attached hydrogen (secondary N) is 2. The van der Waals surface area contributed by atoms with Gasteiger partial charge in [-0.1, -0.05) is 16.8 Å². The Labute approximate surface area is 196 Å². The number of halogens is 3. The van der Waals surface area contributed by atoms with Crippen molar-refractivity contribution >= 4 is 35.3 Å². The number of alkyl halides is 2. The summed E-state index contributed by atoms with van der Waals surface area (Å²) >= 11 is 6.15. The van der Waals surface area contributed by atoms with Gasteiger partial charge in [0.25, 0.3) is 11.8 Å².